The van der Waals surface area contributed by atoms with E-state index >= 15 is 0 Å². The number of aliphatic imine (C=N–C) groups is 1. The summed E-state index contributed by atoms with van der Waals surface area (Å²) in [4.78, 5) is 24.2. The molecule has 0 aliphatic carbocycles. The van der Waals surface area contributed by atoms with E-state index in [4.69, 9.17) is 5.73 Å². The van der Waals surface area contributed by atoms with Gasteiger partial charge in [0.25, 0.3) is 5.82 Å². The molecule has 3 rings (SSSR count). The van der Waals surface area contributed by atoms with Gasteiger partial charge in [-0.15, -0.1) is 0 Å². The molecule has 6 heteroatoms. The Morgan fingerprint density at radius 2 is 2.00 bits per heavy atom. The predicted octanol–water partition coefficient (Wildman–Crippen LogP) is 0.711. The second-order valence-corrected chi connectivity index (χ2v) is 3.73. The number of anilines is 2. The van der Waals surface area contributed by atoms with Crippen molar-refractivity contribution >= 4 is 29.4 Å². The van der Waals surface area contributed by atoms with Crippen molar-refractivity contribution < 1.29 is 4.79 Å². The van der Waals surface area contributed by atoms with Gasteiger partial charge in [0.1, 0.15) is 0 Å². The molecule has 2 heterocycles. The Morgan fingerprint density at radius 3 is 2.78 bits per heavy atom. The van der Waals surface area contributed by atoms with Gasteiger partial charge in [0.05, 0.1) is 0 Å². The van der Waals surface area contributed by atoms with E-state index < -0.39 is 0 Å². The number of nitrogens with zero attached hydrogens (tertiary/aromatic N) is 3. The maximum atomic E-state index is 12.1. The number of nitrogens with two attached hydrogens (primary N) is 1. The molecule has 0 spiro atoms. The first-order valence-corrected chi connectivity index (χ1v) is 5.32. The van der Waals surface area contributed by atoms with E-state index in [1.165, 1.54) is 6.34 Å². The molecule has 1 aromatic carbocycles. The Hall–Kier alpha value is -2.76. The summed E-state index contributed by atoms with van der Waals surface area (Å²) in [6.45, 7) is 0. The van der Waals surface area contributed by atoms with E-state index in [0.29, 0.717) is 17.1 Å². The summed E-state index contributed by atoms with van der Waals surface area (Å²) in [5.74, 6) is 0.393. The van der Waals surface area contributed by atoms with E-state index in [0.717, 1.165) is 0 Å². The lowest BCUT2D eigenvalue weighted by Gasteiger charge is -1.99. The SMILES string of the molecule is Nc1nc(C(=O)c2ccccc2)nc2c1NC=[N+]2. The van der Waals surface area contributed by atoms with Crippen molar-refractivity contribution in [2.45, 2.75) is 0 Å². The van der Waals surface area contributed by atoms with Crippen LogP contribution in [0, 0.1) is 0 Å². The molecule has 0 fully saturated rings. The largest absolute Gasteiger partial charge is 0.380 e. The average molecular weight is 239 g/mol. The molecule has 1 radical (unpaired) electrons. The molecular formula is C12H9N5O+. The number of fused-ring (bicyclic) bond motifs is 1. The standard InChI is InChI=1S/C12H9N5O/c13-10-8-11(15-6-14-8)17-12(16-10)9(18)7-4-2-1-3-5-7/h1-6,14H,(H2,13,16,17)/q+1. The normalized spacial score (nSPS) is 12.0. The number of ketones is 1. The first-order valence-electron chi connectivity index (χ1n) is 5.32. The topological polar surface area (TPSA) is 95.0 Å². The van der Waals surface area contributed by atoms with Crippen LogP contribution in [0.4, 0.5) is 17.3 Å². The number of carbonyl (C=O) groups excluding carboxylic acids is 1. The third-order valence-corrected chi connectivity index (χ3v) is 2.55. The molecule has 0 atom stereocenters. The highest BCUT2D eigenvalue weighted by atomic mass is 16.1. The number of hydrogen-bond donors (Lipinski definition) is 2. The van der Waals surface area contributed by atoms with Crippen LogP contribution in [-0.2, 0) is 0 Å². The maximum absolute atomic E-state index is 12.1. The highest BCUT2D eigenvalue weighted by Gasteiger charge is 2.26. The van der Waals surface area contributed by atoms with Crippen molar-refractivity contribution in [3.05, 3.63) is 41.7 Å². The fourth-order valence-corrected chi connectivity index (χ4v) is 1.68. The minimum Gasteiger partial charge on any atom is -0.380 e. The van der Waals surface area contributed by atoms with Crippen LogP contribution in [-0.4, -0.2) is 22.1 Å². The van der Waals surface area contributed by atoms with Crippen LogP contribution in [0.3, 0.4) is 0 Å². The summed E-state index contributed by atoms with van der Waals surface area (Å²) in [5, 5.41) is 2.82. The van der Waals surface area contributed by atoms with Crippen molar-refractivity contribution in [2.75, 3.05) is 11.1 Å². The molecule has 1 aromatic heterocycles. The molecule has 1 aliphatic rings. The van der Waals surface area contributed by atoms with Gasteiger partial charge in [0.15, 0.2) is 5.82 Å². The quantitative estimate of drug-likeness (QED) is 0.752. The number of carbonyl (C=O) groups is 1. The first-order chi connectivity index (χ1) is 8.75. The third-order valence-electron chi connectivity index (χ3n) is 2.55. The van der Waals surface area contributed by atoms with Crippen LogP contribution in [0.25, 0.3) is 0 Å². The van der Waals surface area contributed by atoms with Crippen molar-refractivity contribution in [3.8, 4) is 0 Å². The number of rotatable bonds is 2. The minimum absolute atomic E-state index is 0.0540. The molecule has 1 aliphatic heterocycles. The lowest BCUT2D eigenvalue weighted by Crippen LogP contribution is -2.10. The van der Waals surface area contributed by atoms with E-state index in [2.05, 4.69) is 20.3 Å². The molecule has 0 amide bonds. The van der Waals surface area contributed by atoms with Crippen LogP contribution < -0.4 is 16.0 Å². The van der Waals surface area contributed by atoms with Crippen molar-refractivity contribution in [2.24, 2.45) is 0 Å². The van der Waals surface area contributed by atoms with Gasteiger partial charge in [0.2, 0.25) is 17.8 Å². The molecule has 3 N–H and O–H groups in total. The van der Waals surface area contributed by atoms with Gasteiger partial charge in [-0.2, -0.15) is 4.98 Å². The Labute approximate surface area is 103 Å². The van der Waals surface area contributed by atoms with Gasteiger partial charge in [-0.3, -0.25) is 10.1 Å². The van der Waals surface area contributed by atoms with Gasteiger partial charge >= 0.3 is 5.82 Å². The average Bonchev–Trinajstić information content (AvgIpc) is 2.88. The lowest BCUT2D eigenvalue weighted by molar-refractivity contribution is 0.102. The van der Waals surface area contributed by atoms with Gasteiger partial charge in [-0.25, -0.2) is 0 Å². The fourth-order valence-electron chi connectivity index (χ4n) is 1.68. The van der Waals surface area contributed by atoms with Crippen LogP contribution >= 0.6 is 0 Å². The summed E-state index contributed by atoms with van der Waals surface area (Å²) >= 11 is 0. The Balaban J connectivity index is 2.06. The maximum Gasteiger partial charge on any atom is 0.342 e. The molecule has 18 heavy (non-hydrogen) atoms. The van der Waals surface area contributed by atoms with Crippen LogP contribution in [0.15, 0.2) is 30.3 Å². The van der Waals surface area contributed by atoms with Crippen LogP contribution in [0.2, 0.25) is 0 Å². The summed E-state index contributed by atoms with van der Waals surface area (Å²) < 4.78 is 0. The highest BCUT2D eigenvalue weighted by Crippen LogP contribution is 2.26. The van der Waals surface area contributed by atoms with Gasteiger partial charge in [-0.05, 0) is 0 Å². The Bertz CT molecular complexity index is 651. The predicted molar refractivity (Wildman–Crippen MR) is 67.8 cm³/mol. The van der Waals surface area contributed by atoms with Gasteiger partial charge in [-0.1, -0.05) is 40.3 Å². The second kappa shape index (κ2) is 3.92. The minimum atomic E-state index is -0.271. The van der Waals surface area contributed by atoms with E-state index in [9.17, 15) is 4.79 Å². The molecule has 2 aromatic rings. The third kappa shape index (κ3) is 1.60. The van der Waals surface area contributed by atoms with Crippen LogP contribution in [0.1, 0.15) is 16.2 Å². The monoisotopic (exact) mass is 239 g/mol. The molecule has 0 saturated heterocycles. The van der Waals surface area contributed by atoms with E-state index in [-0.39, 0.29) is 17.4 Å². The zero-order valence-corrected chi connectivity index (χ0v) is 9.29. The van der Waals surface area contributed by atoms with Crippen molar-refractivity contribution in [3.63, 3.8) is 0 Å². The number of aromatic nitrogens is 2. The summed E-state index contributed by atoms with van der Waals surface area (Å²) in [6.07, 6.45) is 1.46. The summed E-state index contributed by atoms with van der Waals surface area (Å²) in [6, 6.07) is 8.81. The van der Waals surface area contributed by atoms with Gasteiger partial charge in [0, 0.05) is 5.56 Å². The molecular weight excluding hydrogens is 230 g/mol. The van der Waals surface area contributed by atoms with Crippen LogP contribution in [0.5, 0.6) is 0 Å². The number of nitrogens with one attached hydrogen (secondary N) is 1. The smallest absolute Gasteiger partial charge is 0.342 e. The van der Waals surface area contributed by atoms with Crippen molar-refractivity contribution in [1.29, 1.82) is 0 Å². The Morgan fingerprint density at radius 1 is 1.22 bits per heavy atom. The summed E-state index contributed by atoms with van der Waals surface area (Å²) in [5.41, 5.74) is 6.80. The second-order valence-electron chi connectivity index (χ2n) is 3.73. The number of benzene rings is 1. The molecule has 6 nitrogen and oxygen atoms in total. The van der Waals surface area contributed by atoms with E-state index in [1.54, 1.807) is 24.3 Å². The van der Waals surface area contributed by atoms with E-state index in [1.807, 2.05) is 6.07 Å². The molecule has 87 valence electrons. The lowest BCUT2D eigenvalue weighted by atomic mass is 10.1. The number of nitrogen functional groups attached to an aromatic ring is 1. The summed E-state index contributed by atoms with van der Waals surface area (Å²) in [7, 11) is 0. The van der Waals surface area contributed by atoms with Crippen molar-refractivity contribution in [1.82, 2.24) is 15.0 Å². The highest BCUT2D eigenvalue weighted by molar-refractivity contribution is 6.07. The Kier molecular flexibility index (Phi) is 2.26. The molecule has 0 bridgehead atoms. The number of hydrogen-bond acceptors (Lipinski definition) is 6. The first kappa shape index (κ1) is 10.4. The zero-order chi connectivity index (χ0) is 12.5. The fraction of sp³-hybridized carbons (Fsp3) is 0. The molecule has 0 saturated carbocycles. The van der Waals surface area contributed by atoms with Gasteiger partial charge < -0.3 is 5.73 Å². The zero-order valence-electron chi connectivity index (χ0n) is 9.29. The molecule has 0 unspecified atom stereocenters.